The van der Waals surface area contributed by atoms with E-state index in [0.717, 1.165) is 0 Å². The topological polar surface area (TPSA) is 159 Å². The third-order valence-electron chi connectivity index (χ3n) is 6.54. The summed E-state index contributed by atoms with van der Waals surface area (Å²) in [6.45, 7) is 3.79. The molecule has 4 aromatic rings. The normalized spacial score (nSPS) is 23.1. The van der Waals surface area contributed by atoms with Crippen LogP contribution in [0.1, 0.15) is 30.4 Å². The summed E-state index contributed by atoms with van der Waals surface area (Å²) in [5.41, 5.74) is 1.61. The van der Waals surface area contributed by atoms with Crippen LogP contribution in [0.3, 0.4) is 0 Å². The maximum Gasteiger partial charge on any atom is 0.335 e. The number of hydrogen-bond acceptors (Lipinski definition) is 9. The van der Waals surface area contributed by atoms with Gasteiger partial charge < -0.3 is 29.4 Å². The molecule has 3 N–H and O–H groups in total. The Morgan fingerprint density at radius 1 is 1.00 bits per heavy atom. The van der Waals surface area contributed by atoms with Gasteiger partial charge in [0.25, 0.3) is 0 Å². The second-order valence-electron chi connectivity index (χ2n) is 9.76. The molecule has 2 amide bonds. The Bertz CT molecular complexity index is 1540. The van der Waals surface area contributed by atoms with Crippen molar-refractivity contribution in [2.75, 3.05) is 17.2 Å². The minimum Gasteiger partial charge on any atom is -0.491 e. The number of urea groups is 1. The van der Waals surface area contributed by atoms with E-state index in [1.54, 1.807) is 35.2 Å². The van der Waals surface area contributed by atoms with E-state index in [4.69, 9.17) is 24.1 Å². The predicted octanol–water partition coefficient (Wildman–Crippen LogP) is 3.67. The average Bonchev–Trinajstić information content (AvgIpc) is 3.59. The smallest absolute Gasteiger partial charge is 0.335 e. The van der Waals surface area contributed by atoms with E-state index in [9.17, 15) is 9.59 Å². The molecule has 13 nitrogen and oxygen atoms in total. The largest absolute Gasteiger partial charge is 0.491 e. The molecule has 206 valence electrons. The van der Waals surface area contributed by atoms with Gasteiger partial charge in [-0.2, -0.15) is 0 Å². The molecule has 4 atom stereocenters. The fourth-order valence-corrected chi connectivity index (χ4v) is 4.81. The molecule has 2 aromatic carbocycles. The van der Waals surface area contributed by atoms with Crippen LogP contribution in [0, 0.1) is 0 Å². The summed E-state index contributed by atoms with van der Waals surface area (Å²) >= 11 is 0. The lowest BCUT2D eigenvalue weighted by Gasteiger charge is -2.24. The number of amides is 2. The summed E-state index contributed by atoms with van der Waals surface area (Å²) in [5, 5.41) is 14.6. The Morgan fingerprint density at radius 2 is 1.75 bits per heavy atom. The van der Waals surface area contributed by atoms with E-state index in [-0.39, 0.29) is 18.0 Å². The van der Waals surface area contributed by atoms with Crippen molar-refractivity contribution in [3.05, 3.63) is 72.8 Å². The quantitative estimate of drug-likeness (QED) is 0.312. The zero-order chi connectivity index (χ0) is 27.9. The standard InChI is InChI=1S/C27H26N6O7/c1-27(2)39-20-18(12-37-17-10-8-15(9-11-17)25(34)35)38-24(21(20)40-27)33-14-30-19-22(28-13-29-23(19)33)32-26(36)31-16-6-4-3-5-7-16/h3-11,13-14,18,20-21,24H,12H2,1-2H3,(H,34,35)(H2,28,29,31,32,36)/t18-,20-,21-,24-/m1/s1. The van der Waals surface area contributed by atoms with Crippen molar-refractivity contribution in [2.45, 2.75) is 44.2 Å². The second kappa shape index (κ2) is 10.2. The van der Waals surface area contributed by atoms with Crippen LogP contribution < -0.4 is 15.4 Å². The van der Waals surface area contributed by atoms with Gasteiger partial charge in [0.1, 0.15) is 37.0 Å². The molecule has 0 unspecified atom stereocenters. The van der Waals surface area contributed by atoms with Crippen molar-refractivity contribution >= 4 is 34.7 Å². The Labute approximate surface area is 228 Å². The zero-order valence-corrected chi connectivity index (χ0v) is 21.6. The SMILES string of the molecule is CC1(C)O[C@@H]2[C@H](O1)[C@@H](COc1ccc(C(=O)O)cc1)O[C@H]2n1cnc2c(NC(=O)Nc3ccccc3)ncnc21. The zero-order valence-electron chi connectivity index (χ0n) is 21.6. The number of carboxylic acids is 1. The van der Waals surface area contributed by atoms with Gasteiger partial charge in [-0.15, -0.1) is 0 Å². The molecule has 2 aliphatic heterocycles. The van der Waals surface area contributed by atoms with E-state index in [1.807, 2.05) is 32.0 Å². The Balaban J connectivity index is 1.21. The van der Waals surface area contributed by atoms with Crippen molar-refractivity contribution in [1.29, 1.82) is 0 Å². The number of imidazole rings is 1. The van der Waals surface area contributed by atoms with Crippen LogP contribution >= 0.6 is 0 Å². The number of hydrogen-bond donors (Lipinski definition) is 3. The number of benzene rings is 2. The number of ether oxygens (including phenoxy) is 4. The number of carbonyl (C=O) groups excluding carboxylic acids is 1. The maximum absolute atomic E-state index is 12.6. The molecule has 0 radical (unpaired) electrons. The number of aromatic carboxylic acids is 1. The number of nitrogens with zero attached hydrogens (tertiary/aromatic N) is 4. The molecular formula is C27H26N6O7. The number of anilines is 2. The lowest BCUT2D eigenvalue weighted by atomic mass is 10.1. The number of rotatable bonds is 7. The molecular weight excluding hydrogens is 520 g/mol. The number of carboxylic acid groups (broad SMARTS) is 1. The highest BCUT2D eigenvalue weighted by molar-refractivity contribution is 6.02. The van der Waals surface area contributed by atoms with Gasteiger partial charge in [-0.25, -0.2) is 24.5 Å². The Kier molecular flexibility index (Phi) is 6.54. The maximum atomic E-state index is 12.6. The molecule has 2 aliphatic rings. The van der Waals surface area contributed by atoms with E-state index >= 15 is 0 Å². The average molecular weight is 547 g/mol. The number of fused-ring (bicyclic) bond motifs is 2. The predicted molar refractivity (Wildman–Crippen MR) is 141 cm³/mol. The van der Waals surface area contributed by atoms with E-state index in [2.05, 4.69) is 25.6 Å². The van der Waals surface area contributed by atoms with Crippen molar-refractivity contribution in [3.8, 4) is 5.75 Å². The fraction of sp³-hybridized carbons (Fsp3) is 0.296. The first-order chi connectivity index (χ1) is 19.3. The van der Waals surface area contributed by atoms with Crippen molar-refractivity contribution < 1.29 is 33.6 Å². The van der Waals surface area contributed by atoms with Gasteiger partial charge in [0.15, 0.2) is 29.0 Å². The van der Waals surface area contributed by atoms with Gasteiger partial charge in [0, 0.05) is 5.69 Å². The number of para-hydroxylation sites is 1. The molecule has 40 heavy (non-hydrogen) atoms. The summed E-state index contributed by atoms with van der Waals surface area (Å²) in [4.78, 5) is 36.7. The highest BCUT2D eigenvalue weighted by Gasteiger charge is 2.56. The minimum absolute atomic E-state index is 0.137. The first-order valence-electron chi connectivity index (χ1n) is 12.6. The summed E-state index contributed by atoms with van der Waals surface area (Å²) in [6.07, 6.45) is 0.784. The van der Waals surface area contributed by atoms with Gasteiger partial charge in [-0.3, -0.25) is 9.88 Å². The Hall–Kier alpha value is -4.59. The molecule has 13 heteroatoms. The van der Waals surface area contributed by atoms with Crippen molar-refractivity contribution in [3.63, 3.8) is 0 Å². The summed E-state index contributed by atoms with van der Waals surface area (Å²) in [7, 11) is 0. The van der Waals surface area contributed by atoms with Crippen molar-refractivity contribution in [2.24, 2.45) is 0 Å². The fourth-order valence-electron chi connectivity index (χ4n) is 4.81. The summed E-state index contributed by atoms with van der Waals surface area (Å²) in [6, 6.07) is 14.7. The molecule has 0 saturated carbocycles. The van der Waals surface area contributed by atoms with Crippen LogP contribution in [-0.4, -0.2) is 67.3 Å². The molecule has 2 fully saturated rings. The molecule has 0 aliphatic carbocycles. The molecule has 0 spiro atoms. The van der Waals surface area contributed by atoms with Crippen molar-refractivity contribution in [1.82, 2.24) is 19.5 Å². The molecule has 2 aromatic heterocycles. The highest BCUT2D eigenvalue weighted by atomic mass is 16.8. The van der Waals surface area contributed by atoms with E-state index < -0.39 is 42.3 Å². The third-order valence-corrected chi connectivity index (χ3v) is 6.54. The lowest BCUT2D eigenvalue weighted by Crippen LogP contribution is -2.33. The molecule has 2 saturated heterocycles. The van der Waals surface area contributed by atoms with Gasteiger partial charge in [0.05, 0.1) is 11.9 Å². The first-order valence-corrected chi connectivity index (χ1v) is 12.6. The Morgan fingerprint density at radius 3 is 2.50 bits per heavy atom. The minimum atomic E-state index is -1.01. The van der Waals surface area contributed by atoms with Gasteiger partial charge in [0.2, 0.25) is 0 Å². The van der Waals surface area contributed by atoms with Crippen LogP contribution in [0.2, 0.25) is 0 Å². The molecule has 4 heterocycles. The van der Waals surface area contributed by atoms with Gasteiger partial charge in [-0.05, 0) is 50.2 Å². The van der Waals surface area contributed by atoms with Crippen LogP contribution in [0.4, 0.5) is 16.3 Å². The third kappa shape index (κ3) is 5.04. The van der Waals surface area contributed by atoms with Crippen LogP contribution in [-0.2, 0) is 14.2 Å². The lowest BCUT2D eigenvalue weighted by molar-refractivity contribution is -0.198. The molecule has 0 bridgehead atoms. The van der Waals surface area contributed by atoms with E-state index in [1.165, 1.54) is 18.5 Å². The van der Waals surface area contributed by atoms with Gasteiger partial charge >= 0.3 is 12.0 Å². The van der Waals surface area contributed by atoms with E-state index in [0.29, 0.717) is 22.6 Å². The summed E-state index contributed by atoms with van der Waals surface area (Å²) in [5.74, 6) is -1.13. The number of carbonyl (C=O) groups is 2. The second-order valence-corrected chi connectivity index (χ2v) is 9.76. The molecule has 6 rings (SSSR count). The number of aromatic nitrogens is 4. The first kappa shape index (κ1) is 25.7. The van der Waals surface area contributed by atoms with Crippen LogP contribution in [0.5, 0.6) is 5.75 Å². The summed E-state index contributed by atoms with van der Waals surface area (Å²) < 4.78 is 26.3. The van der Waals surface area contributed by atoms with Crippen LogP contribution in [0.25, 0.3) is 11.2 Å². The van der Waals surface area contributed by atoms with Crippen LogP contribution in [0.15, 0.2) is 67.3 Å². The number of nitrogens with one attached hydrogen (secondary N) is 2. The highest BCUT2D eigenvalue weighted by Crippen LogP contribution is 2.44. The monoisotopic (exact) mass is 546 g/mol. The van der Waals surface area contributed by atoms with Gasteiger partial charge in [-0.1, -0.05) is 18.2 Å².